The molecule has 0 bridgehead atoms. The highest BCUT2D eigenvalue weighted by molar-refractivity contribution is 7.09. The smallest absolute Gasteiger partial charge is 0.0552 e. The van der Waals surface area contributed by atoms with E-state index in [1.165, 1.54) is 10.4 Å². The highest BCUT2D eigenvalue weighted by atomic mass is 32.1. The lowest BCUT2D eigenvalue weighted by Crippen LogP contribution is -1.68. The van der Waals surface area contributed by atoms with Gasteiger partial charge in [-0.25, -0.2) is 0 Å². The fraction of sp³-hybridized carbons (Fsp3) is 0.100. The number of hydrogen-bond donors (Lipinski definition) is 0. The first-order valence-corrected chi connectivity index (χ1v) is 4.62. The quantitative estimate of drug-likeness (QED) is 0.649. The molecule has 0 amide bonds. The largest absolute Gasteiger partial charge is 0.197 e. The average Bonchev–Trinajstić information content (AvgIpc) is 2.54. The zero-order chi connectivity index (χ0) is 8.39. The number of aromatic nitrogens is 1. The van der Waals surface area contributed by atoms with Crippen LogP contribution in [0.25, 0.3) is 10.4 Å². The van der Waals surface area contributed by atoms with Crippen molar-refractivity contribution in [3.8, 4) is 10.4 Å². The van der Waals surface area contributed by atoms with Crippen molar-refractivity contribution in [3.05, 3.63) is 42.1 Å². The van der Waals surface area contributed by atoms with Crippen molar-refractivity contribution in [1.82, 2.24) is 4.37 Å². The van der Waals surface area contributed by atoms with E-state index in [0.29, 0.717) is 0 Å². The Balaban J connectivity index is 2.45. The molecule has 1 heterocycles. The molecule has 0 N–H and O–H groups in total. The minimum absolute atomic E-state index is 1.10. The monoisotopic (exact) mass is 175 g/mol. The van der Waals surface area contributed by atoms with Crippen molar-refractivity contribution < 1.29 is 0 Å². The van der Waals surface area contributed by atoms with Gasteiger partial charge < -0.3 is 0 Å². The van der Waals surface area contributed by atoms with Gasteiger partial charge in [-0.2, -0.15) is 4.37 Å². The molecule has 1 nitrogen and oxygen atoms in total. The van der Waals surface area contributed by atoms with Gasteiger partial charge in [-0.05, 0) is 30.1 Å². The van der Waals surface area contributed by atoms with Crippen LogP contribution in [0.3, 0.4) is 0 Å². The van der Waals surface area contributed by atoms with Crippen molar-refractivity contribution in [1.29, 1.82) is 0 Å². The van der Waals surface area contributed by atoms with E-state index in [2.05, 4.69) is 22.6 Å². The van der Waals surface area contributed by atoms with E-state index >= 15 is 0 Å². The van der Waals surface area contributed by atoms with E-state index in [9.17, 15) is 0 Å². The van der Waals surface area contributed by atoms with Crippen LogP contribution in [0.5, 0.6) is 0 Å². The minimum atomic E-state index is 1.10. The molecule has 1 aromatic heterocycles. The SMILES string of the molecule is Cc1cc(-c2ccccc2)sn1. The van der Waals surface area contributed by atoms with Gasteiger partial charge in [0.25, 0.3) is 0 Å². The highest BCUT2D eigenvalue weighted by Crippen LogP contribution is 2.23. The summed E-state index contributed by atoms with van der Waals surface area (Å²) in [6, 6.07) is 12.4. The van der Waals surface area contributed by atoms with Crippen LogP contribution in [0.1, 0.15) is 5.69 Å². The number of hydrogen-bond acceptors (Lipinski definition) is 2. The van der Waals surface area contributed by atoms with Crippen molar-refractivity contribution >= 4 is 11.5 Å². The molecule has 1 aromatic carbocycles. The van der Waals surface area contributed by atoms with Crippen LogP contribution in [-0.2, 0) is 0 Å². The molecule has 0 aliphatic carbocycles. The Labute approximate surface area is 75.9 Å². The summed E-state index contributed by atoms with van der Waals surface area (Å²) in [6.45, 7) is 2.02. The number of rotatable bonds is 1. The van der Waals surface area contributed by atoms with Crippen LogP contribution < -0.4 is 0 Å². The first-order valence-electron chi connectivity index (χ1n) is 3.85. The van der Waals surface area contributed by atoms with Crippen molar-refractivity contribution in [2.75, 3.05) is 0 Å². The lowest BCUT2D eigenvalue weighted by atomic mass is 10.2. The zero-order valence-electron chi connectivity index (χ0n) is 6.82. The van der Waals surface area contributed by atoms with Gasteiger partial charge in [0.15, 0.2) is 0 Å². The predicted molar refractivity (Wildman–Crippen MR) is 52.3 cm³/mol. The number of aryl methyl sites for hydroxylation is 1. The minimum Gasteiger partial charge on any atom is -0.197 e. The van der Waals surface area contributed by atoms with E-state index in [1.54, 1.807) is 11.5 Å². The molecule has 12 heavy (non-hydrogen) atoms. The van der Waals surface area contributed by atoms with E-state index in [1.807, 2.05) is 25.1 Å². The van der Waals surface area contributed by atoms with E-state index in [0.717, 1.165) is 5.69 Å². The van der Waals surface area contributed by atoms with Crippen molar-refractivity contribution in [2.45, 2.75) is 6.92 Å². The van der Waals surface area contributed by atoms with E-state index in [-0.39, 0.29) is 0 Å². The van der Waals surface area contributed by atoms with Crippen LogP contribution in [0, 0.1) is 6.92 Å². The molecular formula is C10H9NS. The van der Waals surface area contributed by atoms with Crippen LogP contribution in [0.15, 0.2) is 36.4 Å². The van der Waals surface area contributed by atoms with Crippen LogP contribution >= 0.6 is 11.5 Å². The molecule has 60 valence electrons. The standard InChI is InChI=1S/C10H9NS/c1-8-7-10(12-11-8)9-5-3-2-4-6-9/h2-7H,1H3. The second-order valence-electron chi connectivity index (χ2n) is 2.70. The number of nitrogens with zero attached hydrogens (tertiary/aromatic N) is 1. The Hall–Kier alpha value is -1.15. The summed E-state index contributed by atoms with van der Waals surface area (Å²) in [6.07, 6.45) is 0. The fourth-order valence-electron chi connectivity index (χ4n) is 1.10. The van der Waals surface area contributed by atoms with Crippen LogP contribution in [0.2, 0.25) is 0 Å². The summed E-state index contributed by atoms with van der Waals surface area (Å²) < 4.78 is 4.23. The van der Waals surface area contributed by atoms with E-state index in [4.69, 9.17) is 0 Å². The molecule has 0 spiro atoms. The second-order valence-corrected chi connectivity index (χ2v) is 3.50. The third kappa shape index (κ3) is 1.38. The van der Waals surface area contributed by atoms with Crippen molar-refractivity contribution in [2.24, 2.45) is 0 Å². The second kappa shape index (κ2) is 3.07. The molecule has 0 aliphatic heterocycles. The lowest BCUT2D eigenvalue weighted by Gasteiger charge is -1.92. The summed E-state index contributed by atoms with van der Waals surface area (Å²) in [5.74, 6) is 0. The number of benzene rings is 1. The Morgan fingerprint density at radius 2 is 1.92 bits per heavy atom. The fourth-order valence-corrected chi connectivity index (χ4v) is 1.86. The lowest BCUT2D eigenvalue weighted by molar-refractivity contribution is 1.35. The van der Waals surface area contributed by atoms with Crippen molar-refractivity contribution in [3.63, 3.8) is 0 Å². The molecule has 0 saturated carbocycles. The molecule has 2 aromatic rings. The summed E-state index contributed by atoms with van der Waals surface area (Å²) >= 11 is 1.55. The summed E-state index contributed by atoms with van der Waals surface area (Å²) in [5, 5.41) is 0. The van der Waals surface area contributed by atoms with Gasteiger partial charge in [0, 0.05) is 0 Å². The van der Waals surface area contributed by atoms with Gasteiger partial charge in [0.1, 0.15) is 0 Å². The molecule has 0 radical (unpaired) electrons. The third-order valence-electron chi connectivity index (χ3n) is 1.69. The molecule has 2 heteroatoms. The maximum absolute atomic E-state index is 4.23. The summed E-state index contributed by atoms with van der Waals surface area (Å²) in [5.41, 5.74) is 2.35. The molecule has 0 unspecified atom stereocenters. The third-order valence-corrected chi connectivity index (χ3v) is 2.62. The Morgan fingerprint density at radius 1 is 1.17 bits per heavy atom. The molecular weight excluding hydrogens is 166 g/mol. The average molecular weight is 175 g/mol. The van der Waals surface area contributed by atoms with Crippen LogP contribution in [-0.4, -0.2) is 4.37 Å². The highest BCUT2D eigenvalue weighted by Gasteiger charge is 1.99. The van der Waals surface area contributed by atoms with E-state index < -0.39 is 0 Å². The Morgan fingerprint density at radius 3 is 2.50 bits per heavy atom. The van der Waals surface area contributed by atoms with Gasteiger partial charge in [-0.1, -0.05) is 30.3 Å². The zero-order valence-corrected chi connectivity index (χ0v) is 7.64. The van der Waals surface area contributed by atoms with Gasteiger partial charge >= 0.3 is 0 Å². The first-order chi connectivity index (χ1) is 5.86. The van der Waals surface area contributed by atoms with Crippen LogP contribution in [0.4, 0.5) is 0 Å². The molecule has 0 saturated heterocycles. The Bertz CT molecular complexity index is 364. The van der Waals surface area contributed by atoms with Gasteiger partial charge in [-0.15, -0.1) is 0 Å². The molecule has 0 atom stereocenters. The summed E-state index contributed by atoms with van der Waals surface area (Å²) in [7, 11) is 0. The first kappa shape index (κ1) is 7.50. The Kier molecular flexibility index (Phi) is 1.92. The van der Waals surface area contributed by atoms with Gasteiger partial charge in [0.2, 0.25) is 0 Å². The summed E-state index contributed by atoms with van der Waals surface area (Å²) in [4.78, 5) is 1.24. The molecule has 0 fully saturated rings. The normalized spacial score (nSPS) is 10.1. The van der Waals surface area contributed by atoms with Gasteiger partial charge in [0.05, 0.1) is 10.6 Å². The van der Waals surface area contributed by atoms with Gasteiger partial charge in [-0.3, -0.25) is 0 Å². The molecule has 0 aliphatic rings. The maximum Gasteiger partial charge on any atom is 0.0552 e. The molecule has 2 rings (SSSR count). The topological polar surface area (TPSA) is 12.9 Å². The predicted octanol–water partition coefficient (Wildman–Crippen LogP) is 3.12. The maximum atomic E-state index is 4.23.